The predicted molar refractivity (Wildman–Crippen MR) is 149 cm³/mol. The SMILES string of the molecule is CNC(=O)/C=C/c1cccc(C(F)(F)F)c1.O=[N+]([O-])c1cc(O)c2c3c1C[C@@H]1[C@@H]4CCC[C@H](O2)[C@]34CCN1CC1CC1. The average Bonchev–Trinajstić information content (AvgIpc) is 3.72. The van der Waals surface area contributed by atoms with E-state index in [2.05, 4.69) is 10.2 Å². The lowest BCUT2D eigenvalue weighted by Gasteiger charge is -2.58. The fourth-order valence-electron chi connectivity index (χ4n) is 7.76. The molecule has 3 aliphatic carbocycles. The number of hydrogen-bond acceptors (Lipinski definition) is 6. The number of carbonyl (C=O) groups excluding carboxylic acids is 1. The Labute approximate surface area is 241 Å². The van der Waals surface area contributed by atoms with Crippen molar-refractivity contribution in [2.24, 2.45) is 11.8 Å². The van der Waals surface area contributed by atoms with Gasteiger partial charge < -0.3 is 15.2 Å². The molecule has 11 heteroatoms. The van der Waals surface area contributed by atoms with Gasteiger partial charge in [-0.05, 0) is 87.1 Å². The molecule has 7 rings (SSSR count). The van der Waals surface area contributed by atoms with Gasteiger partial charge >= 0.3 is 6.18 Å². The summed E-state index contributed by atoms with van der Waals surface area (Å²) >= 11 is 0. The van der Waals surface area contributed by atoms with Crippen molar-refractivity contribution >= 4 is 17.7 Å². The summed E-state index contributed by atoms with van der Waals surface area (Å²) in [6, 6.07) is 6.47. The van der Waals surface area contributed by atoms with E-state index >= 15 is 0 Å². The highest BCUT2D eigenvalue weighted by Crippen LogP contribution is 2.65. The first-order valence-corrected chi connectivity index (χ1v) is 14.5. The zero-order chi connectivity index (χ0) is 29.8. The second kappa shape index (κ2) is 10.6. The molecule has 2 aromatic carbocycles. The number of nitro groups is 1. The molecule has 42 heavy (non-hydrogen) atoms. The monoisotopic (exact) mass is 585 g/mol. The molecular weight excluding hydrogens is 551 g/mol. The van der Waals surface area contributed by atoms with Crippen LogP contribution in [0.25, 0.3) is 6.08 Å². The predicted octanol–water partition coefficient (Wildman–Crippen LogP) is 5.60. The standard InChI is InChI=1S/C20H24N2O4.C11H10F3NO/c23-16-9-14(22(24)25)12-8-15-13-2-1-3-17-20(13,18(12)19(16)26-17)6-7-21(15)10-11-4-5-11;1-15-10(16)6-5-8-3-2-4-9(7-8)11(12,13)14/h9,11,13,15,17,23H,1-8,10H2;2-7H,1H3,(H,15,16)/b;6-5+/t13-,15+,17-,20+;/m0./s1. The Morgan fingerprint density at radius 2 is 2.05 bits per heavy atom. The van der Waals surface area contributed by atoms with Gasteiger partial charge in [0.2, 0.25) is 5.91 Å². The van der Waals surface area contributed by atoms with Crippen LogP contribution in [0.3, 0.4) is 0 Å². The molecule has 2 heterocycles. The van der Waals surface area contributed by atoms with Gasteiger partial charge in [-0.2, -0.15) is 13.2 Å². The van der Waals surface area contributed by atoms with Gasteiger partial charge in [-0.15, -0.1) is 0 Å². The molecule has 2 aromatic rings. The molecule has 2 aliphatic heterocycles. The smallest absolute Gasteiger partial charge is 0.416 e. The summed E-state index contributed by atoms with van der Waals surface area (Å²) in [7, 11) is 1.44. The van der Waals surface area contributed by atoms with Crippen LogP contribution in [0.5, 0.6) is 11.5 Å². The number of nitro benzene ring substituents is 1. The minimum Gasteiger partial charge on any atom is -0.504 e. The van der Waals surface area contributed by atoms with E-state index in [0.717, 1.165) is 68.0 Å². The summed E-state index contributed by atoms with van der Waals surface area (Å²) in [6.07, 6.45) is 5.94. The summed E-state index contributed by atoms with van der Waals surface area (Å²) in [5, 5.41) is 24.5. The number of likely N-dealkylation sites (tertiary alicyclic amines) is 1. The molecule has 2 saturated carbocycles. The van der Waals surface area contributed by atoms with Crippen LogP contribution >= 0.6 is 0 Å². The zero-order valence-electron chi connectivity index (χ0n) is 23.3. The minimum atomic E-state index is -4.36. The quantitative estimate of drug-likeness (QED) is 0.269. The Kier molecular flexibility index (Phi) is 7.19. The number of nitrogens with zero attached hydrogens (tertiary/aromatic N) is 2. The summed E-state index contributed by atoms with van der Waals surface area (Å²) in [4.78, 5) is 24.9. The number of likely N-dealkylation sites (N-methyl/N-ethyl adjacent to an activating group) is 1. The number of alkyl halides is 3. The number of benzene rings is 2. The third kappa shape index (κ3) is 4.91. The molecule has 3 fully saturated rings. The number of aromatic hydroxyl groups is 1. The number of rotatable bonds is 5. The van der Waals surface area contributed by atoms with Gasteiger partial charge in [-0.1, -0.05) is 12.1 Å². The Morgan fingerprint density at radius 3 is 2.74 bits per heavy atom. The van der Waals surface area contributed by atoms with Crippen molar-refractivity contribution in [3.8, 4) is 11.5 Å². The number of nitrogens with one attached hydrogen (secondary N) is 1. The van der Waals surface area contributed by atoms with Crippen LogP contribution in [0.4, 0.5) is 18.9 Å². The molecule has 0 unspecified atom stereocenters. The summed E-state index contributed by atoms with van der Waals surface area (Å²) < 4.78 is 43.3. The molecule has 8 nitrogen and oxygen atoms in total. The second-order valence-corrected chi connectivity index (χ2v) is 12.1. The highest BCUT2D eigenvalue weighted by Gasteiger charge is 2.64. The largest absolute Gasteiger partial charge is 0.504 e. The maximum absolute atomic E-state index is 12.3. The van der Waals surface area contributed by atoms with Crippen molar-refractivity contribution in [1.29, 1.82) is 0 Å². The molecule has 2 bridgehead atoms. The van der Waals surface area contributed by atoms with E-state index in [1.54, 1.807) is 0 Å². The van der Waals surface area contributed by atoms with Gasteiger partial charge in [-0.25, -0.2) is 0 Å². The lowest BCUT2D eigenvalue weighted by Crippen LogP contribution is -2.64. The van der Waals surface area contributed by atoms with Crippen LogP contribution in [0.2, 0.25) is 0 Å². The molecule has 4 atom stereocenters. The van der Waals surface area contributed by atoms with Crippen molar-refractivity contribution in [2.45, 2.75) is 68.7 Å². The molecule has 0 aromatic heterocycles. The maximum Gasteiger partial charge on any atom is 0.416 e. The maximum atomic E-state index is 12.3. The third-order valence-electron chi connectivity index (χ3n) is 9.72. The number of halogens is 3. The van der Waals surface area contributed by atoms with Gasteiger partial charge in [0.1, 0.15) is 6.10 Å². The fraction of sp³-hybridized carbons (Fsp3) is 0.516. The minimum absolute atomic E-state index is 0.0446. The van der Waals surface area contributed by atoms with Gasteiger partial charge in [0.25, 0.3) is 5.69 Å². The van der Waals surface area contributed by atoms with Gasteiger partial charge in [-0.3, -0.25) is 19.8 Å². The topological polar surface area (TPSA) is 105 Å². The van der Waals surface area contributed by atoms with Crippen molar-refractivity contribution < 1.29 is 32.7 Å². The molecule has 1 saturated heterocycles. The molecule has 5 aliphatic rings. The van der Waals surface area contributed by atoms with E-state index in [-0.39, 0.29) is 33.8 Å². The average molecular weight is 586 g/mol. The lowest BCUT2D eigenvalue weighted by atomic mass is 9.51. The number of amides is 1. The van der Waals surface area contributed by atoms with Crippen LogP contribution in [0, 0.1) is 22.0 Å². The highest BCUT2D eigenvalue weighted by molar-refractivity contribution is 5.91. The van der Waals surface area contributed by atoms with Crippen molar-refractivity contribution in [3.63, 3.8) is 0 Å². The number of carbonyl (C=O) groups is 1. The van der Waals surface area contributed by atoms with Gasteiger partial charge in [0.05, 0.1) is 16.6 Å². The van der Waals surface area contributed by atoms with Crippen molar-refractivity contribution in [2.75, 3.05) is 20.1 Å². The first kappa shape index (κ1) is 28.5. The molecule has 1 amide bonds. The van der Waals surface area contributed by atoms with E-state index in [1.165, 1.54) is 56.7 Å². The number of phenols is 1. The number of ether oxygens (including phenoxy) is 1. The van der Waals surface area contributed by atoms with E-state index in [4.69, 9.17) is 4.74 Å². The Balaban J connectivity index is 0.000000171. The molecule has 224 valence electrons. The van der Waals surface area contributed by atoms with Crippen LogP contribution in [-0.2, 0) is 22.8 Å². The summed E-state index contributed by atoms with van der Waals surface area (Å²) in [5.41, 5.74) is 1.42. The third-order valence-corrected chi connectivity index (χ3v) is 9.72. The molecule has 1 spiro atoms. The van der Waals surface area contributed by atoms with Crippen molar-refractivity contribution in [1.82, 2.24) is 10.2 Å². The van der Waals surface area contributed by atoms with Gasteiger partial charge in [0.15, 0.2) is 11.5 Å². The van der Waals surface area contributed by atoms with Crippen LogP contribution in [0.1, 0.15) is 60.8 Å². The summed E-state index contributed by atoms with van der Waals surface area (Å²) in [6.45, 7) is 2.21. The Bertz CT molecular complexity index is 1440. The van der Waals surface area contributed by atoms with Crippen molar-refractivity contribution in [3.05, 3.63) is 68.8 Å². The van der Waals surface area contributed by atoms with E-state index < -0.39 is 11.7 Å². The molecule has 2 N–H and O–H groups in total. The molecule has 0 radical (unpaired) electrons. The van der Waals surface area contributed by atoms with E-state index in [0.29, 0.717) is 23.3 Å². The fourth-order valence-corrected chi connectivity index (χ4v) is 7.76. The summed E-state index contributed by atoms with van der Waals surface area (Å²) in [5.74, 6) is 1.48. The van der Waals surface area contributed by atoms with Crippen LogP contribution in [-0.4, -0.2) is 53.1 Å². The zero-order valence-corrected chi connectivity index (χ0v) is 23.3. The van der Waals surface area contributed by atoms with E-state index in [9.17, 15) is 33.2 Å². The van der Waals surface area contributed by atoms with Crippen LogP contribution < -0.4 is 10.1 Å². The second-order valence-electron chi connectivity index (χ2n) is 12.1. The molecular formula is C31H34F3N3O5. The number of phenolic OH excluding ortho intramolecular Hbond substituents is 1. The number of piperidine rings is 1. The normalized spacial score (nSPS) is 27.5. The number of hydrogen-bond donors (Lipinski definition) is 2. The van der Waals surface area contributed by atoms with Gasteiger partial charge in [0, 0.05) is 42.3 Å². The van der Waals surface area contributed by atoms with E-state index in [1.807, 2.05) is 0 Å². The lowest BCUT2D eigenvalue weighted by molar-refractivity contribution is -0.385. The van der Waals surface area contributed by atoms with Crippen LogP contribution in [0.15, 0.2) is 36.4 Å². The first-order valence-electron chi connectivity index (χ1n) is 14.5. The highest BCUT2D eigenvalue weighted by atomic mass is 19.4. The first-order chi connectivity index (χ1) is 20.0. The Morgan fingerprint density at radius 1 is 1.26 bits per heavy atom. The Hall–Kier alpha value is -3.60.